The fourth-order valence-electron chi connectivity index (χ4n) is 2.13. The van der Waals surface area contributed by atoms with Gasteiger partial charge in [0.25, 0.3) is 0 Å². The maximum Gasteiger partial charge on any atom is 0.204 e. The number of carbonyl (C=O) groups is 1. The largest absolute Gasteiger partial charge is 0.508 e. The van der Waals surface area contributed by atoms with Gasteiger partial charge in [-0.15, -0.1) is 0 Å². The maximum atomic E-state index is 12.8. The van der Waals surface area contributed by atoms with Gasteiger partial charge in [0.15, 0.2) is 5.75 Å². The molecule has 0 spiro atoms. The Balaban J connectivity index is 2.67. The third kappa shape index (κ3) is 2.98. The van der Waals surface area contributed by atoms with Crippen LogP contribution in [-0.4, -0.2) is 37.3 Å². The van der Waals surface area contributed by atoms with Crippen LogP contribution in [0.5, 0.6) is 28.7 Å². The van der Waals surface area contributed by atoms with Crippen LogP contribution in [0.25, 0.3) is 0 Å². The van der Waals surface area contributed by atoms with Crippen LogP contribution in [0, 0.1) is 0 Å². The number of phenolic OH excluding ortho intramolecular Hbond substituents is 2. The van der Waals surface area contributed by atoms with Crippen LogP contribution in [0.3, 0.4) is 0 Å². The summed E-state index contributed by atoms with van der Waals surface area (Å²) in [6, 6.07) is 5.42. The molecule has 6 nitrogen and oxygen atoms in total. The van der Waals surface area contributed by atoms with E-state index in [0.29, 0.717) is 0 Å². The minimum Gasteiger partial charge on any atom is -0.508 e. The summed E-state index contributed by atoms with van der Waals surface area (Å²) in [6.07, 6.45) is 0. The van der Waals surface area contributed by atoms with Crippen molar-refractivity contribution in [3.05, 3.63) is 40.4 Å². The molecule has 0 aliphatic carbocycles. The molecule has 7 heteroatoms. The van der Waals surface area contributed by atoms with E-state index in [4.69, 9.17) is 25.8 Å². The van der Waals surface area contributed by atoms with Crippen LogP contribution in [0.15, 0.2) is 24.3 Å². The minimum atomic E-state index is -0.569. The van der Waals surface area contributed by atoms with E-state index in [1.165, 1.54) is 45.6 Å². The van der Waals surface area contributed by atoms with E-state index in [0.717, 1.165) is 0 Å². The van der Waals surface area contributed by atoms with E-state index in [9.17, 15) is 15.0 Å². The van der Waals surface area contributed by atoms with Crippen LogP contribution >= 0.6 is 11.6 Å². The van der Waals surface area contributed by atoms with E-state index < -0.39 is 11.5 Å². The Labute approximate surface area is 137 Å². The summed E-state index contributed by atoms with van der Waals surface area (Å²) in [5.41, 5.74) is 0.0161. The van der Waals surface area contributed by atoms with Gasteiger partial charge in [-0.1, -0.05) is 11.6 Å². The third-order valence-corrected chi connectivity index (χ3v) is 3.63. The lowest BCUT2D eigenvalue weighted by Crippen LogP contribution is -2.07. The molecule has 0 unspecified atom stereocenters. The number of phenols is 2. The number of hydrogen-bond donors (Lipinski definition) is 2. The first kappa shape index (κ1) is 16.8. The molecular formula is C16H15ClO6. The van der Waals surface area contributed by atoms with Crippen molar-refractivity contribution in [2.45, 2.75) is 0 Å². The summed E-state index contributed by atoms with van der Waals surface area (Å²) in [7, 11) is 4.10. The van der Waals surface area contributed by atoms with Gasteiger partial charge in [-0.05, 0) is 12.1 Å². The van der Waals surface area contributed by atoms with Gasteiger partial charge >= 0.3 is 0 Å². The number of carbonyl (C=O) groups excluding carboxylic acids is 1. The first-order chi connectivity index (χ1) is 10.9. The van der Waals surface area contributed by atoms with Crippen molar-refractivity contribution in [3.8, 4) is 28.7 Å². The average Bonchev–Trinajstić information content (AvgIpc) is 2.56. The molecule has 23 heavy (non-hydrogen) atoms. The Hall–Kier alpha value is -2.60. The molecule has 2 N–H and O–H groups in total. The minimum absolute atomic E-state index is 0.0534. The highest BCUT2D eigenvalue weighted by molar-refractivity contribution is 6.34. The number of ketones is 1. The smallest absolute Gasteiger partial charge is 0.204 e. The molecule has 2 aromatic carbocycles. The van der Waals surface area contributed by atoms with Gasteiger partial charge in [0.05, 0.1) is 26.9 Å². The van der Waals surface area contributed by atoms with E-state index >= 15 is 0 Å². The van der Waals surface area contributed by atoms with Crippen molar-refractivity contribution in [2.75, 3.05) is 21.3 Å². The summed E-state index contributed by atoms with van der Waals surface area (Å²) < 4.78 is 15.3. The standard InChI is InChI=1S/C16H15ClO6/c1-21-10-6-8(18)4-5-9(10)15(19)13-11(22-2)7-12(23-3)14(17)16(13)20/h4-7,18,20H,1-3H3. The number of ether oxygens (including phenoxy) is 3. The molecule has 0 aliphatic rings. The third-order valence-electron chi connectivity index (χ3n) is 3.27. The first-order valence-corrected chi connectivity index (χ1v) is 6.87. The van der Waals surface area contributed by atoms with Crippen molar-refractivity contribution < 1.29 is 29.2 Å². The molecule has 122 valence electrons. The summed E-state index contributed by atoms with van der Waals surface area (Å²) in [4.78, 5) is 12.8. The molecule has 2 aromatic rings. The predicted octanol–water partition coefficient (Wildman–Crippen LogP) is 3.01. The molecule has 0 heterocycles. The van der Waals surface area contributed by atoms with Crippen molar-refractivity contribution in [1.29, 1.82) is 0 Å². The van der Waals surface area contributed by atoms with Crippen molar-refractivity contribution >= 4 is 17.4 Å². The van der Waals surface area contributed by atoms with E-state index in [2.05, 4.69) is 0 Å². The second-order valence-electron chi connectivity index (χ2n) is 4.53. The van der Waals surface area contributed by atoms with Gasteiger partial charge in [-0.25, -0.2) is 0 Å². The highest BCUT2D eigenvalue weighted by Gasteiger charge is 2.26. The number of halogens is 1. The first-order valence-electron chi connectivity index (χ1n) is 6.49. The Kier molecular flexibility index (Phi) is 4.86. The maximum absolute atomic E-state index is 12.8. The van der Waals surface area contributed by atoms with E-state index in [-0.39, 0.29) is 39.1 Å². The zero-order chi connectivity index (χ0) is 17.1. The normalized spacial score (nSPS) is 10.3. The molecule has 0 fully saturated rings. The fraction of sp³-hybridized carbons (Fsp3) is 0.188. The van der Waals surface area contributed by atoms with E-state index in [1.807, 2.05) is 0 Å². The second-order valence-corrected chi connectivity index (χ2v) is 4.91. The van der Waals surface area contributed by atoms with Crippen LogP contribution in [-0.2, 0) is 0 Å². The van der Waals surface area contributed by atoms with Gasteiger partial charge in [0.2, 0.25) is 5.78 Å². The lowest BCUT2D eigenvalue weighted by atomic mass is 10.00. The fourth-order valence-corrected chi connectivity index (χ4v) is 2.36. The van der Waals surface area contributed by atoms with Gasteiger partial charge in [-0.3, -0.25) is 4.79 Å². The molecule has 0 saturated heterocycles. The lowest BCUT2D eigenvalue weighted by Gasteiger charge is -2.15. The zero-order valence-electron chi connectivity index (χ0n) is 12.7. The Morgan fingerprint density at radius 1 is 0.957 bits per heavy atom. The highest BCUT2D eigenvalue weighted by Crippen LogP contribution is 2.43. The van der Waals surface area contributed by atoms with Crippen molar-refractivity contribution in [3.63, 3.8) is 0 Å². The van der Waals surface area contributed by atoms with Crippen LogP contribution < -0.4 is 14.2 Å². The van der Waals surface area contributed by atoms with Gasteiger partial charge in [0, 0.05) is 12.1 Å². The predicted molar refractivity (Wildman–Crippen MR) is 84.3 cm³/mol. The molecule has 0 amide bonds. The molecule has 0 atom stereocenters. The number of rotatable bonds is 5. The van der Waals surface area contributed by atoms with Crippen LogP contribution in [0.1, 0.15) is 15.9 Å². The summed E-state index contributed by atoms with van der Waals surface area (Å²) in [5.74, 6) is -0.645. The Morgan fingerprint density at radius 2 is 1.57 bits per heavy atom. The molecule has 2 rings (SSSR count). The van der Waals surface area contributed by atoms with E-state index in [1.54, 1.807) is 0 Å². The monoisotopic (exact) mass is 338 g/mol. The van der Waals surface area contributed by atoms with Gasteiger partial charge < -0.3 is 24.4 Å². The van der Waals surface area contributed by atoms with Gasteiger partial charge in [-0.2, -0.15) is 0 Å². The average molecular weight is 339 g/mol. The van der Waals surface area contributed by atoms with Crippen molar-refractivity contribution in [1.82, 2.24) is 0 Å². The Morgan fingerprint density at radius 3 is 2.13 bits per heavy atom. The molecule has 0 radical (unpaired) electrons. The molecule has 0 bridgehead atoms. The second kappa shape index (κ2) is 6.66. The number of methoxy groups -OCH3 is 3. The zero-order valence-corrected chi connectivity index (χ0v) is 13.5. The van der Waals surface area contributed by atoms with Crippen LogP contribution in [0.2, 0.25) is 5.02 Å². The van der Waals surface area contributed by atoms with Crippen molar-refractivity contribution in [2.24, 2.45) is 0 Å². The summed E-state index contributed by atoms with van der Waals surface area (Å²) >= 11 is 6.00. The van der Waals surface area contributed by atoms with Crippen LogP contribution in [0.4, 0.5) is 0 Å². The highest BCUT2D eigenvalue weighted by atomic mass is 35.5. The summed E-state index contributed by atoms with van der Waals surface area (Å²) in [5, 5.41) is 19.7. The quantitative estimate of drug-likeness (QED) is 0.815. The molecule has 0 saturated carbocycles. The van der Waals surface area contributed by atoms with Gasteiger partial charge in [0.1, 0.15) is 33.6 Å². The Bertz CT molecular complexity index is 757. The number of hydrogen-bond acceptors (Lipinski definition) is 6. The lowest BCUT2D eigenvalue weighted by molar-refractivity contribution is 0.103. The SMILES string of the molecule is COc1cc(O)ccc1C(=O)c1c(OC)cc(OC)c(Cl)c1O. The summed E-state index contributed by atoms with van der Waals surface area (Å²) in [6.45, 7) is 0. The molecule has 0 aromatic heterocycles. The molecule has 0 aliphatic heterocycles. The number of benzene rings is 2. The number of aromatic hydroxyl groups is 2. The topological polar surface area (TPSA) is 85.2 Å². The molecular weight excluding hydrogens is 324 g/mol.